The van der Waals surface area contributed by atoms with Crippen molar-refractivity contribution in [3.8, 4) is 11.1 Å². The summed E-state index contributed by atoms with van der Waals surface area (Å²) in [4.78, 5) is 16.5. The lowest BCUT2D eigenvalue weighted by Gasteiger charge is -2.13. The van der Waals surface area contributed by atoms with Crippen LogP contribution in [0.5, 0.6) is 0 Å². The number of hydrogen-bond acceptors (Lipinski definition) is 4. The third-order valence-electron chi connectivity index (χ3n) is 4.20. The second-order valence-corrected chi connectivity index (χ2v) is 8.40. The number of carbonyl (C=O) groups excluding carboxylic acids is 1. The summed E-state index contributed by atoms with van der Waals surface area (Å²) in [6.07, 6.45) is 4.30. The van der Waals surface area contributed by atoms with Crippen molar-refractivity contribution < 1.29 is 13.2 Å². The van der Waals surface area contributed by atoms with Gasteiger partial charge in [0.05, 0.1) is 10.5 Å². The highest BCUT2D eigenvalue weighted by molar-refractivity contribution is 7.90. The van der Waals surface area contributed by atoms with Gasteiger partial charge in [-0.2, -0.15) is 0 Å². The van der Waals surface area contributed by atoms with Gasteiger partial charge in [0.1, 0.15) is 0 Å². The Morgan fingerprint density at radius 1 is 1.07 bits per heavy atom. The molecule has 0 bridgehead atoms. The van der Waals surface area contributed by atoms with E-state index in [0.717, 1.165) is 22.3 Å². The van der Waals surface area contributed by atoms with Crippen LogP contribution >= 0.6 is 0 Å². The van der Waals surface area contributed by atoms with Crippen LogP contribution in [0.1, 0.15) is 21.5 Å². The smallest absolute Gasteiger partial charge is 0.253 e. The Balaban J connectivity index is 1.95. The minimum Gasteiger partial charge on any atom is -0.348 e. The van der Waals surface area contributed by atoms with E-state index < -0.39 is 9.84 Å². The average molecular weight is 380 g/mol. The molecule has 0 aliphatic carbocycles. The van der Waals surface area contributed by atoms with E-state index in [-0.39, 0.29) is 17.3 Å². The van der Waals surface area contributed by atoms with Gasteiger partial charge >= 0.3 is 0 Å². The maximum atomic E-state index is 12.3. The molecule has 0 radical (unpaired) electrons. The van der Waals surface area contributed by atoms with Crippen LogP contribution in [0, 0.1) is 6.92 Å². The molecule has 0 aliphatic heterocycles. The van der Waals surface area contributed by atoms with E-state index in [9.17, 15) is 13.2 Å². The van der Waals surface area contributed by atoms with Crippen molar-refractivity contribution in [1.82, 2.24) is 10.3 Å². The number of sulfone groups is 1. The van der Waals surface area contributed by atoms with Crippen molar-refractivity contribution in [3.63, 3.8) is 0 Å². The molecule has 1 N–H and O–H groups in total. The second-order valence-electron chi connectivity index (χ2n) is 6.38. The summed E-state index contributed by atoms with van der Waals surface area (Å²) in [6, 6.07) is 16.2. The molecule has 5 nitrogen and oxygen atoms in total. The first-order chi connectivity index (χ1) is 12.8. The van der Waals surface area contributed by atoms with E-state index in [4.69, 9.17) is 0 Å². The molecule has 1 aromatic heterocycles. The Kier molecular flexibility index (Phi) is 5.37. The first kappa shape index (κ1) is 18.8. The molecule has 0 fully saturated rings. The van der Waals surface area contributed by atoms with E-state index in [1.54, 1.807) is 36.5 Å². The molecular weight excluding hydrogens is 360 g/mol. The van der Waals surface area contributed by atoms with Crippen LogP contribution in [-0.2, 0) is 16.4 Å². The maximum Gasteiger partial charge on any atom is 0.253 e. The predicted octanol–water partition coefficient (Wildman–Crippen LogP) is 3.39. The fraction of sp³-hybridized carbons (Fsp3) is 0.143. The number of nitrogens with one attached hydrogen (secondary N) is 1. The molecule has 2 aromatic carbocycles. The lowest BCUT2D eigenvalue weighted by atomic mass is 9.98. The quantitative estimate of drug-likeness (QED) is 0.736. The van der Waals surface area contributed by atoms with Gasteiger partial charge in [-0.1, -0.05) is 35.9 Å². The number of carbonyl (C=O) groups is 1. The molecule has 3 rings (SSSR count). The number of rotatable bonds is 5. The minimum absolute atomic E-state index is 0.231. The van der Waals surface area contributed by atoms with E-state index in [2.05, 4.69) is 10.3 Å². The average Bonchev–Trinajstić information content (AvgIpc) is 2.66. The first-order valence-corrected chi connectivity index (χ1v) is 10.3. The summed E-state index contributed by atoms with van der Waals surface area (Å²) >= 11 is 0. The lowest BCUT2D eigenvalue weighted by molar-refractivity contribution is 0.0950. The molecule has 0 saturated heterocycles. The first-order valence-electron chi connectivity index (χ1n) is 8.43. The zero-order valence-electron chi connectivity index (χ0n) is 15.1. The lowest BCUT2D eigenvalue weighted by Crippen LogP contribution is -2.23. The van der Waals surface area contributed by atoms with Crippen molar-refractivity contribution in [1.29, 1.82) is 0 Å². The van der Waals surface area contributed by atoms with Crippen molar-refractivity contribution in [2.75, 3.05) is 6.26 Å². The maximum absolute atomic E-state index is 12.3. The third-order valence-corrected chi connectivity index (χ3v) is 5.31. The van der Waals surface area contributed by atoms with E-state index in [1.165, 1.54) is 12.5 Å². The van der Waals surface area contributed by atoms with Gasteiger partial charge in [-0.15, -0.1) is 0 Å². The Labute approximate surface area is 159 Å². The van der Waals surface area contributed by atoms with Crippen molar-refractivity contribution in [3.05, 3.63) is 83.7 Å². The fourth-order valence-electron chi connectivity index (χ4n) is 2.80. The fourth-order valence-corrected chi connectivity index (χ4v) is 3.44. The van der Waals surface area contributed by atoms with Crippen LogP contribution in [0.2, 0.25) is 0 Å². The molecule has 0 unspecified atom stereocenters. The zero-order chi connectivity index (χ0) is 19.4. The third kappa shape index (κ3) is 4.60. The molecule has 0 spiro atoms. The topological polar surface area (TPSA) is 76.1 Å². The number of benzene rings is 2. The standard InChI is InChI=1S/C21H20N2O3S/c1-15-5-3-6-16(11-15)20-12-19(27(2,25)26)9-8-17(20)14-23-21(24)18-7-4-10-22-13-18/h3-13H,14H2,1-2H3,(H,23,24). The van der Waals surface area contributed by atoms with Crippen LogP contribution in [0.4, 0.5) is 0 Å². The monoisotopic (exact) mass is 380 g/mol. The zero-order valence-corrected chi connectivity index (χ0v) is 16.0. The number of amides is 1. The van der Waals surface area contributed by atoms with Crippen LogP contribution < -0.4 is 5.32 Å². The van der Waals surface area contributed by atoms with Crippen LogP contribution in [0.25, 0.3) is 11.1 Å². The van der Waals surface area contributed by atoms with E-state index >= 15 is 0 Å². The Bertz CT molecular complexity index is 1080. The molecule has 27 heavy (non-hydrogen) atoms. The Hall–Kier alpha value is -2.99. The molecule has 1 amide bonds. The highest BCUT2D eigenvalue weighted by atomic mass is 32.2. The summed E-state index contributed by atoms with van der Waals surface area (Å²) in [7, 11) is -3.33. The van der Waals surface area contributed by atoms with Gasteiger partial charge in [-0.25, -0.2) is 8.42 Å². The van der Waals surface area contributed by atoms with Crippen LogP contribution in [0.3, 0.4) is 0 Å². The normalized spacial score (nSPS) is 11.2. The van der Waals surface area contributed by atoms with Crippen molar-refractivity contribution >= 4 is 15.7 Å². The van der Waals surface area contributed by atoms with Gasteiger partial charge in [0, 0.05) is 25.2 Å². The number of nitrogens with zero attached hydrogens (tertiary/aromatic N) is 1. The van der Waals surface area contributed by atoms with E-state index in [0.29, 0.717) is 5.56 Å². The Morgan fingerprint density at radius 2 is 1.89 bits per heavy atom. The number of hydrogen-bond donors (Lipinski definition) is 1. The predicted molar refractivity (Wildman–Crippen MR) is 105 cm³/mol. The van der Waals surface area contributed by atoms with Crippen molar-refractivity contribution in [2.24, 2.45) is 0 Å². The van der Waals surface area contributed by atoms with Crippen LogP contribution in [-0.4, -0.2) is 25.6 Å². The summed E-state index contributed by atoms with van der Waals surface area (Å²) < 4.78 is 23.9. The SMILES string of the molecule is Cc1cccc(-c2cc(S(C)(=O)=O)ccc2CNC(=O)c2cccnc2)c1. The second kappa shape index (κ2) is 7.72. The molecule has 3 aromatic rings. The molecule has 0 atom stereocenters. The van der Waals surface area contributed by atoms with Gasteiger partial charge in [0.25, 0.3) is 5.91 Å². The minimum atomic E-state index is -3.33. The largest absolute Gasteiger partial charge is 0.348 e. The number of aryl methyl sites for hydroxylation is 1. The highest BCUT2D eigenvalue weighted by Crippen LogP contribution is 2.27. The van der Waals surface area contributed by atoms with Gasteiger partial charge in [0.2, 0.25) is 0 Å². The Morgan fingerprint density at radius 3 is 2.56 bits per heavy atom. The summed E-state index contributed by atoms with van der Waals surface area (Å²) in [5.41, 5.74) is 4.08. The molecular formula is C21H20N2O3S. The van der Waals surface area contributed by atoms with Gasteiger partial charge in [-0.05, 0) is 47.9 Å². The number of aromatic nitrogens is 1. The van der Waals surface area contributed by atoms with Gasteiger partial charge in [-0.3, -0.25) is 9.78 Å². The molecule has 6 heteroatoms. The van der Waals surface area contributed by atoms with E-state index in [1.807, 2.05) is 31.2 Å². The molecule has 1 heterocycles. The molecule has 0 aliphatic rings. The highest BCUT2D eigenvalue weighted by Gasteiger charge is 2.14. The van der Waals surface area contributed by atoms with Gasteiger partial charge in [0.15, 0.2) is 9.84 Å². The van der Waals surface area contributed by atoms with Gasteiger partial charge < -0.3 is 5.32 Å². The van der Waals surface area contributed by atoms with Crippen molar-refractivity contribution in [2.45, 2.75) is 18.4 Å². The number of pyridine rings is 1. The molecule has 138 valence electrons. The summed E-state index contributed by atoms with van der Waals surface area (Å²) in [5, 5.41) is 2.87. The summed E-state index contributed by atoms with van der Waals surface area (Å²) in [6.45, 7) is 2.26. The van der Waals surface area contributed by atoms with Crippen LogP contribution in [0.15, 0.2) is 71.9 Å². The summed E-state index contributed by atoms with van der Waals surface area (Å²) in [5.74, 6) is -0.231. The molecule has 0 saturated carbocycles.